The first-order valence-corrected chi connectivity index (χ1v) is 6.98. The zero-order valence-corrected chi connectivity index (χ0v) is 11.8. The van der Waals surface area contributed by atoms with Crippen molar-refractivity contribution in [3.8, 4) is 0 Å². The van der Waals surface area contributed by atoms with E-state index < -0.39 is 0 Å². The summed E-state index contributed by atoms with van der Waals surface area (Å²) < 4.78 is 0. The molecule has 2 heterocycles. The van der Waals surface area contributed by atoms with Gasteiger partial charge in [-0.1, -0.05) is 18.2 Å². The van der Waals surface area contributed by atoms with Crippen molar-refractivity contribution in [3.63, 3.8) is 0 Å². The standard InChI is InChI=1S/C16H20N4/c1-19-9-10-20(16-8-3-2-7-15(16)19)12-14-6-4-5-13(11-17)18-14/h2-8H,9-12,17H2,1H3. The Morgan fingerprint density at radius 2 is 1.75 bits per heavy atom. The summed E-state index contributed by atoms with van der Waals surface area (Å²) in [4.78, 5) is 9.29. The fraction of sp³-hybridized carbons (Fsp3) is 0.312. The van der Waals surface area contributed by atoms with Crippen LogP contribution in [0.5, 0.6) is 0 Å². The highest BCUT2D eigenvalue weighted by Crippen LogP contribution is 2.32. The Kier molecular flexibility index (Phi) is 3.56. The van der Waals surface area contributed by atoms with Crippen molar-refractivity contribution < 1.29 is 0 Å². The van der Waals surface area contributed by atoms with Crippen LogP contribution in [0, 0.1) is 0 Å². The van der Waals surface area contributed by atoms with Crippen LogP contribution in [0.1, 0.15) is 11.4 Å². The zero-order chi connectivity index (χ0) is 13.9. The maximum atomic E-state index is 5.66. The van der Waals surface area contributed by atoms with E-state index >= 15 is 0 Å². The molecule has 0 atom stereocenters. The van der Waals surface area contributed by atoms with Crippen LogP contribution in [0.15, 0.2) is 42.5 Å². The van der Waals surface area contributed by atoms with E-state index in [1.54, 1.807) is 0 Å². The minimum absolute atomic E-state index is 0.493. The number of hydrogen-bond donors (Lipinski definition) is 1. The molecule has 1 aromatic carbocycles. The molecule has 20 heavy (non-hydrogen) atoms. The number of likely N-dealkylation sites (N-methyl/N-ethyl adjacent to an activating group) is 1. The van der Waals surface area contributed by atoms with E-state index in [1.807, 2.05) is 12.1 Å². The second-order valence-corrected chi connectivity index (χ2v) is 5.16. The molecular weight excluding hydrogens is 248 g/mol. The summed E-state index contributed by atoms with van der Waals surface area (Å²) in [6.07, 6.45) is 0. The Balaban J connectivity index is 1.86. The summed E-state index contributed by atoms with van der Waals surface area (Å²) >= 11 is 0. The molecule has 0 fully saturated rings. The van der Waals surface area contributed by atoms with Crippen molar-refractivity contribution in [3.05, 3.63) is 53.9 Å². The first-order valence-electron chi connectivity index (χ1n) is 6.98. The topological polar surface area (TPSA) is 45.4 Å². The van der Waals surface area contributed by atoms with Crippen molar-refractivity contribution in [2.45, 2.75) is 13.1 Å². The van der Waals surface area contributed by atoms with Crippen LogP contribution in [0.4, 0.5) is 11.4 Å². The normalized spacial score (nSPS) is 14.3. The van der Waals surface area contributed by atoms with Crippen LogP contribution in [-0.4, -0.2) is 25.1 Å². The highest BCUT2D eigenvalue weighted by atomic mass is 15.3. The van der Waals surface area contributed by atoms with Gasteiger partial charge in [-0.25, -0.2) is 0 Å². The molecular formula is C16H20N4. The monoisotopic (exact) mass is 268 g/mol. The Morgan fingerprint density at radius 3 is 2.55 bits per heavy atom. The summed E-state index contributed by atoms with van der Waals surface area (Å²) in [5.41, 5.74) is 10.3. The molecule has 1 aliphatic rings. The van der Waals surface area contributed by atoms with Crippen molar-refractivity contribution >= 4 is 11.4 Å². The van der Waals surface area contributed by atoms with Gasteiger partial charge in [-0.3, -0.25) is 4.98 Å². The van der Waals surface area contributed by atoms with Gasteiger partial charge in [0.25, 0.3) is 0 Å². The molecule has 0 radical (unpaired) electrons. The van der Waals surface area contributed by atoms with Gasteiger partial charge in [-0.2, -0.15) is 0 Å². The summed E-state index contributed by atoms with van der Waals surface area (Å²) in [7, 11) is 2.14. The molecule has 4 heteroatoms. The van der Waals surface area contributed by atoms with E-state index in [0.717, 1.165) is 31.0 Å². The Morgan fingerprint density at radius 1 is 1.00 bits per heavy atom. The first kappa shape index (κ1) is 12.9. The molecule has 1 aliphatic heterocycles. The molecule has 1 aromatic heterocycles. The van der Waals surface area contributed by atoms with Gasteiger partial charge in [0.1, 0.15) is 0 Å². The van der Waals surface area contributed by atoms with Gasteiger partial charge in [-0.05, 0) is 24.3 Å². The van der Waals surface area contributed by atoms with Gasteiger partial charge in [-0.15, -0.1) is 0 Å². The van der Waals surface area contributed by atoms with E-state index in [9.17, 15) is 0 Å². The van der Waals surface area contributed by atoms with E-state index in [1.165, 1.54) is 11.4 Å². The number of nitrogens with zero attached hydrogens (tertiary/aromatic N) is 3. The highest BCUT2D eigenvalue weighted by molar-refractivity contribution is 5.73. The van der Waals surface area contributed by atoms with Crippen LogP contribution in [-0.2, 0) is 13.1 Å². The second kappa shape index (κ2) is 5.51. The molecule has 0 spiro atoms. The molecule has 0 unspecified atom stereocenters. The Bertz CT molecular complexity index is 597. The average Bonchev–Trinajstić information content (AvgIpc) is 2.51. The van der Waals surface area contributed by atoms with Crippen LogP contribution in [0.3, 0.4) is 0 Å². The molecule has 2 aromatic rings. The average molecular weight is 268 g/mol. The van der Waals surface area contributed by atoms with Crippen LogP contribution >= 0.6 is 0 Å². The number of nitrogens with two attached hydrogens (primary N) is 1. The second-order valence-electron chi connectivity index (χ2n) is 5.16. The van der Waals surface area contributed by atoms with Gasteiger partial charge >= 0.3 is 0 Å². The highest BCUT2D eigenvalue weighted by Gasteiger charge is 2.19. The summed E-state index contributed by atoms with van der Waals surface area (Å²) in [6, 6.07) is 14.6. The lowest BCUT2D eigenvalue weighted by atomic mass is 10.1. The van der Waals surface area contributed by atoms with Gasteiger partial charge in [0.2, 0.25) is 0 Å². The van der Waals surface area contributed by atoms with Gasteiger partial charge in [0, 0.05) is 26.7 Å². The molecule has 0 bridgehead atoms. The van der Waals surface area contributed by atoms with E-state index in [-0.39, 0.29) is 0 Å². The van der Waals surface area contributed by atoms with E-state index in [2.05, 4.69) is 52.2 Å². The van der Waals surface area contributed by atoms with Gasteiger partial charge < -0.3 is 15.5 Å². The lowest BCUT2D eigenvalue weighted by Gasteiger charge is -2.36. The molecule has 0 saturated heterocycles. The number of hydrogen-bond acceptors (Lipinski definition) is 4. The maximum absolute atomic E-state index is 5.66. The third-order valence-electron chi connectivity index (χ3n) is 3.77. The molecule has 2 N–H and O–H groups in total. The van der Waals surface area contributed by atoms with Crippen LogP contribution in [0.2, 0.25) is 0 Å². The third kappa shape index (κ3) is 2.47. The predicted molar refractivity (Wildman–Crippen MR) is 82.9 cm³/mol. The first-order chi connectivity index (χ1) is 9.78. The fourth-order valence-electron chi connectivity index (χ4n) is 2.66. The molecule has 4 nitrogen and oxygen atoms in total. The van der Waals surface area contributed by atoms with Crippen LogP contribution < -0.4 is 15.5 Å². The lowest BCUT2D eigenvalue weighted by molar-refractivity contribution is 0.722. The number of pyridine rings is 1. The fourth-order valence-corrected chi connectivity index (χ4v) is 2.66. The summed E-state index contributed by atoms with van der Waals surface area (Å²) in [5.74, 6) is 0. The van der Waals surface area contributed by atoms with Crippen molar-refractivity contribution in [2.75, 3.05) is 29.9 Å². The molecule has 104 valence electrons. The molecule has 0 aliphatic carbocycles. The number of benzene rings is 1. The number of aromatic nitrogens is 1. The maximum Gasteiger partial charge on any atom is 0.0608 e. The minimum Gasteiger partial charge on any atom is -0.371 e. The predicted octanol–water partition coefficient (Wildman–Crippen LogP) is 2.00. The number of fused-ring (bicyclic) bond motifs is 1. The van der Waals surface area contributed by atoms with Crippen molar-refractivity contribution in [2.24, 2.45) is 5.73 Å². The molecule has 3 rings (SSSR count). The third-order valence-corrected chi connectivity index (χ3v) is 3.77. The lowest BCUT2D eigenvalue weighted by Crippen LogP contribution is -2.38. The molecule has 0 saturated carbocycles. The number of rotatable bonds is 3. The minimum atomic E-state index is 0.493. The largest absolute Gasteiger partial charge is 0.371 e. The van der Waals surface area contributed by atoms with Gasteiger partial charge in [0.05, 0.1) is 29.3 Å². The van der Waals surface area contributed by atoms with Gasteiger partial charge in [0.15, 0.2) is 0 Å². The molecule has 0 amide bonds. The zero-order valence-electron chi connectivity index (χ0n) is 11.8. The number of para-hydroxylation sites is 2. The van der Waals surface area contributed by atoms with E-state index in [0.29, 0.717) is 6.54 Å². The quantitative estimate of drug-likeness (QED) is 0.925. The Labute approximate surface area is 119 Å². The van der Waals surface area contributed by atoms with Crippen LogP contribution in [0.25, 0.3) is 0 Å². The SMILES string of the molecule is CN1CCN(Cc2cccc(CN)n2)c2ccccc21. The smallest absolute Gasteiger partial charge is 0.0608 e. The summed E-state index contributed by atoms with van der Waals surface area (Å²) in [6.45, 7) is 3.38. The number of anilines is 2. The summed E-state index contributed by atoms with van der Waals surface area (Å²) in [5, 5.41) is 0. The van der Waals surface area contributed by atoms with Crippen molar-refractivity contribution in [1.82, 2.24) is 4.98 Å². The Hall–Kier alpha value is -2.07. The van der Waals surface area contributed by atoms with E-state index in [4.69, 9.17) is 5.73 Å². The van der Waals surface area contributed by atoms with Crippen molar-refractivity contribution in [1.29, 1.82) is 0 Å².